The fourth-order valence-corrected chi connectivity index (χ4v) is 9.62. The first-order valence-electron chi connectivity index (χ1n) is 31.6. The van der Waals surface area contributed by atoms with E-state index in [0.29, 0.717) is 17.4 Å². The third-order valence-electron chi connectivity index (χ3n) is 13.8. The third-order valence-corrected chi connectivity index (χ3v) is 14.8. The predicted octanol–water partition coefficient (Wildman–Crippen LogP) is 19.1. The summed E-state index contributed by atoms with van der Waals surface area (Å²) in [4.78, 5) is 25.5. The van der Waals surface area contributed by atoms with Crippen LogP contribution in [-0.2, 0) is 18.4 Å². The highest BCUT2D eigenvalue weighted by molar-refractivity contribution is 7.45. The second kappa shape index (κ2) is 57.1. The first-order valence-corrected chi connectivity index (χ1v) is 33.1. The predicted molar refractivity (Wildman–Crippen MR) is 329 cm³/mol. The van der Waals surface area contributed by atoms with Crippen LogP contribution in [0, 0.1) is 0 Å². The normalized spacial score (nSPS) is 14.5. The largest absolute Gasteiger partial charge is 0.756 e. The van der Waals surface area contributed by atoms with E-state index in [1.165, 1.54) is 167 Å². The summed E-state index contributed by atoms with van der Waals surface area (Å²) in [5.74, 6) is -0.197. The van der Waals surface area contributed by atoms with Gasteiger partial charge < -0.3 is 28.8 Å². The molecule has 1 amide bonds. The van der Waals surface area contributed by atoms with Crippen molar-refractivity contribution in [3.8, 4) is 0 Å². The Morgan fingerprint density at radius 1 is 0.474 bits per heavy atom. The Hall–Kier alpha value is -2.58. The molecule has 0 heterocycles. The molecule has 8 nitrogen and oxygen atoms in total. The van der Waals surface area contributed by atoms with Crippen molar-refractivity contribution in [2.24, 2.45) is 0 Å². The van der Waals surface area contributed by atoms with Crippen LogP contribution in [0.2, 0.25) is 0 Å². The zero-order valence-corrected chi connectivity index (χ0v) is 51.1. The molecule has 0 aromatic carbocycles. The Morgan fingerprint density at radius 2 is 0.803 bits per heavy atom. The fourth-order valence-electron chi connectivity index (χ4n) is 8.90. The van der Waals surface area contributed by atoms with Gasteiger partial charge in [0.25, 0.3) is 7.82 Å². The van der Waals surface area contributed by atoms with Crippen molar-refractivity contribution < 1.29 is 32.9 Å². The van der Waals surface area contributed by atoms with Crippen LogP contribution in [0.3, 0.4) is 0 Å². The number of phosphoric ester groups is 1. The van der Waals surface area contributed by atoms with Crippen LogP contribution in [0.1, 0.15) is 271 Å². The van der Waals surface area contributed by atoms with Gasteiger partial charge in [0, 0.05) is 6.42 Å². The summed E-state index contributed by atoms with van der Waals surface area (Å²) in [5, 5.41) is 13.9. The van der Waals surface area contributed by atoms with Gasteiger partial charge >= 0.3 is 0 Å². The summed E-state index contributed by atoms with van der Waals surface area (Å²) < 4.78 is 23.3. The van der Waals surface area contributed by atoms with Crippen LogP contribution in [-0.4, -0.2) is 68.5 Å². The van der Waals surface area contributed by atoms with Crippen LogP contribution in [0.25, 0.3) is 0 Å². The molecule has 0 bridgehead atoms. The molecule has 3 unspecified atom stereocenters. The molecule has 0 spiro atoms. The van der Waals surface area contributed by atoms with E-state index >= 15 is 0 Å². The van der Waals surface area contributed by atoms with Crippen molar-refractivity contribution in [1.29, 1.82) is 0 Å². The number of amides is 1. The SMILES string of the molecule is CC/C=C\C/C=C\C/C=C\C/C=C\C/C=C\C/C=C\C/C=C\CCCCCCCCCCCCCCCCCCCCCC(=O)NC(COP(=O)([O-])OCC[N+](C)(C)C)C(O)/C=C/CCCCCCCCCCCCC. The summed E-state index contributed by atoms with van der Waals surface area (Å²) in [7, 11) is 1.26. The van der Waals surface area contributed by atoms with Gasteiger partial charge in [-0.25, -0.2) is 0 Å². The molecule has 0 radical (unpaired) electrons. The first-order chi connectivity index (χ1) is 37.0. The number of aliphatic hydroxyl groups is 1. The van der Waals surface area contributed by atoms with E-state index < -0.39 is 20.0 Å². The lowest BCUT2D eigenvalue weighted by molar-refractivity contribution is -0.870. The molecule has 0 aliphatic rings. The average molecular weight is 1080 g/mol. The van der Waals surface area contributed by atoms with E-state index in [2.05, 4.69) is 104 Å². The number of allylic oxidation sites excluding steroid dienone is 15. The van der Waals surface area contributed by atoms with Crippen molar-refractivity contribution in [2.45, 2.75) is 283 Å². The molecule has 0 aliphatic carbocycles. The first kappa shape index (κ1) is 73.4. The summed E-state index contributed by atoms with van der Waals surface area (Å²) >= 11 is 0. The molecule has 0 rings (SSSR count). The van der Waals surface area contributed by atoms with Gasteiger partial charge in [-0.1, -0.05) is 284 Å². The number of nitrogens with one attached hydrogen (secondary N) is 1. The number of unbranched alkanes of at least 4 members (excludes halogenated alkanes) is 30. The molecular weight excluding hydrogens is 960 g/mol. The number of carbonyl (C=O) groups excluding carboxylic acids is 1. The van der Waals surface area contributed by atoms with Crippen LogP contribution in [0.15, 0.2) is 97.2 Å². The van der Waals surface area contributed by atoms with Gasteiger partial charge in [-0.15, -0.1) is 0 Å². The number of phosphoric acid groups is 1. The summed E-state index contributed by atoms with van der Waals surface area (Å²) in [5.41, 5.74) is 0. The Kier molecular flexibility index (Phi) is 55.2. The zero-order valence-electron chi connectivity index (χ0n) is 50.2. The maximum atomic E-state index is 13.0. The van der Waals surface area contributed by atoms with E-state index in [9.17, 15) is 19.4 Å². The number of rotatable bonds is 57. The van der Waals surface area contributed by atoms with E-state index in [1.54, 1.807) is 6.08 Å². The maximum Gasteiger partial charge on any atom is 0.268 e. The molecule has 0 fully saturated rings. The molecule has 0 aliphatic heterocycles. The number of hydrogen-bond acceptors (Lipinski definition) is 6. The minimum atomic E-state index is -4.60. The zero-order chi connectivity index (χ0) is 55.6. The molecule has 76 heavy (non-hydrogen) atoms. The molecule has 440 valence electrons. The van der Waals surface area contributed by atoms with E-state index in [4.69, 9.17) is 9.05 Å². The van der Waals surface area contributed by atoms with Gasteiger partial charge in [0.1, 0.15) is 13.2 Å². The van der Waals surface area contributed by atoms with Crippen molar-refractivity contribution in [2.75, 3.05) is 40.9 Å². The van der Waals surface area contributed by atoms with Gasteiger partial charge in [0.05, 0.1) is 39.9 Å². The number of aliphatic hydroxyl groups excluding tert-OH is 1. The quantitative estimate of drug-likeness (QED) is 0.0272. The summed E-state index contributed by atoms with van der Waals surface area (Å²) in [6.07, 6.45) is 82.3. The van der Waals surface area contributed by atoms with Crippen LogP contribution in [0.4, 0.5) is 0 Å². The van der Waals surface area contributed by atoms with Gasteiger partial charge in [-0.3, -0.25) is 9.36 Å². The molecule has 3 atom stereocenters. The Labute approximate surface area is 470 Å². The average Bonchev–Trinajstić information content (AvgIpc) is 3.38. The van der Waals surface area contributed by atoms with Crippen molar-refractivity contribution in [3.05, 3.63) is 97.2 Å². The highest BCUT2D eigenvalue weighted by Crippen LogP contribution is 2.38. The van der Waals surface area contributed by atoms with Crippen LogP contribution in [0.5, 0.6) is 0 Å². The number of quaternary nitrogens is 1. The van der Waals surface area contributed by atoms with E-state index in [-0.39, 0.29) is 19.1 Å². The van der Waals surface area contributed by atoms with E-state index in [1.807, 2.05) is 27.2 Å². The van der Waals surface area contributed by atoms with Crippen molar-refractivity contribution in [3.63, 3.8) is 0 Å². The molecular formula is C67H121N2O6P. The second-order valence-electron chi connectivity index (χ2n) is 22.4. The third kappa shape index (κ3) is 59.1. The summed E-state index contributed by atoms with van der Waals surface area (Å²) in [6, 6.07) is -0.888. The number of hydrogen-bond donors (Lipinski definition) is 2. The number of likely N-dealkylation sites (N-methyl/N-ethyl adjacent to an activating group) is 1. The lowest BCUT2D eigenvalue weighted by atomic mass is 10.0. The minimum absolute atomic E-state index is 0.00232. The topological polar surface area (TPSA) is 108 Å². The second-order valence-corrected chi connectivity index (χ2v) is 23.8. The Bertz CT molecular complexity index is 1560. The van der Waals surface area contributed by atoms with Gasteiger partial charge in [-0.05, 0) is 77.0 Å². The fraction of sp³-hybridized carbons (Fsp3) is 0.746. The lowest BCUT2D eigenvalue weighted by Crippen LogP contribution is -2.45. The summed E-state index contributed by atoms with van der Waals surface area (Å²) in [6.45, 7) is 4.54. The Balaban J connectivity index is 3.93. The van der Waals surface area contributed by atoms with Gasteiger partial charge in [-0.2, -0.15) is 0 Å². The van der Waals surface area contributed by atoms with Crippen LogP contribution < -0.4 is 10.2 Å². The highest BCUT2D eigenvalue weighted by Gasteiger charge is 2.23. The maximum absolute atomic E-state index is 13.0. The van der Waals surface area contributed by atoms with E-state index in [0.717, 1.165) is 83.5 Å². The molecule has 2 N–H and O–H groups in total. The molecule has 0 saturated heterocycles. The monoisotopic (exact) mass is 1080 g/mol. The number of nitrogens with zero attached hydrogens (tertiary/aromatic N) is 1. The molecule has 0 aromatic rings. The Morgan fingerprint density at radius 3 is 1.17 bits per heavy atom. The smallest absolute Gasteiger partial charge is 0.268 e. The van der Waals surface area contributed by atoms with Gasteiger partial charge in [0.2, 0.25) is 5.91 Å². The van der Waals surface area contributed by atoms with Crippen molar-refractivity contribution >= 4 is 13.7 Å². The minimum Gasteiger partial charge on any atom is -0.756 e. The number of carbonyl (C=O) groups is 1. The van der Waals surface area contributed by atoms with Crippen LogP contribution >= 0.6 is 7.82 Å². The molecule has 0 saturated carbocycles. The molecule has 0 aromatic heterocycles. The standard InChI is InChI=1S/C67H121N2O6P/c1-6-8-10-12-14-16-18-20-21-22-23-24-25-26-27-28-29-30-31-32-33-34-35-36-37-38-39-40-41-42-43-44-45-46-47-49-51-53-55-57-59-61-67(71)68-65(64-75-76(72,73)74-63-62-69(3,4)5)66(70)60-58-56-54-52-50-48-19-17-15-13-11-9-7-2/h8,10,14,16,20-21,23-24,26-27,29-30,32-33,58,60,65-66,70H,6-7,9,11-13,15,17-19,22,25,28,31,34-57,59,61-64H2,1-5H3,(H-,68,71,72,73)/b10-8-,16-14-,21-20-,24-23-,27-26-,30-29-,33-32-,60-58+. The van der Waals surface area contributed by atoms with Gasteiger partial charge in [0.15, 0.2) is 0 Å². The molecule has 9 heteroatoms. The lowest BCUT2D eigenvalue weighted by Gasteiger charge is -2.29. The highest BCUT2D eigenvalue weighted by atomic mass is 31.2. The van der Waals surface area contributed by atoms with Crippen molar-refractivity contribution in [1.82, 2.24) is 5.32 Å².